The largest absolute Gasteiger partial charge is 0.492 e. The molecule has 3 N–H and O–H groups in total. The number of rotatable bonds is 5. The van der Waals surface area contributed by atoms with Crippen LogP contribution < -0.4 is 16.0 Å². The predicted molar refractivity (Wildman–Crippen MR) is 73.4 cm³/mol. The quantitative estimate of drug-likeness (QED) is 0.654. The van der Waals surface area contributed by atoms with Gasteiger partial charge in [-0.05, 0) is 35.9 Å². The van der Waals surface area contributed by atoms with Crippen LogP contribution >= 0.6 is 11.6 Å². The Morgan fingerprint density at radius 3 is 2.63 bits per heavy atom. The number of ether oxygens (including phenoxy) is 1. The summed E-state index contributed by atoms with van der Waals surface area (Å²) in [7, 11) is 0. The molecule has 0 heterocycles. The molecule has 1 unspecified atom stereocenters. The van der Waals surface area contributed by atoms with Crippen molar-refractivity contribution >= 4 is 11.6 Å². The van der Waals surface area contributed by atoms with E-state index < -0.39 is 0 Å². The van der Waals surface area contributed by atoms with E-state index in [0.29, 0.717) is 10.6 Å². The van der Waals surface area contributed by atoms with E-state index in [1.807, 2.05) is 30.3 Å². The number of hydrogen-bond acceptors (Lipinski definition) is 3. The standard InChI is InChI=1S/C14H14ClFN2O/c15-13-7-6-10(16)8-12(13)14(18-17)9-19-11-4-2-1-3-5-11/h1-8,14,18H,9,17H2. The highest BCUT2D eigenvalue weighted by Gasteiger charge is 2.15. The lowest BCUT2D eigenvalue weighted by Gasteiger charge is -2.18. The van der Waals surface area contributed by atoms with Gasteiger partial charge in [-0.2, -0.15) is 0 Å². The van der Waals surface area contributed by atoms with Gasteiger partial charge in [0.25, 0.3) is 0 Å². The Morgan fingerprint density at radius 2 is 1.95 bits per heavy atom. The van der Waals surface area contributed by atoms with Gasteiger partial charge < -0.3 is 4.74 Å². The Morgan fingerprint density at radius 1 is 1.21 bits per heavy atom. The maximum Gasteiger partial charge on any atom is 0.123 e. The predicted octanol–water partition coefficient (Wildman–Crippen LogP) is 3.06. The summed E-state index contributed by atoms with van der Waals surface area (Å²) in [4.78, 5) is 0. The van der Waals surface area contributed by atoms with Crippen LogP contribution in [0.15, 0.2) is 48.5 Å². The summed E-state index contributed by atoms with van der Waals surface area (Å²) < 4.78 is 18.8. The third-order valence-corrected chi connectivity index (χ3v) is 3.04. The molecule has 0 aliphatic heterocycles. The average Bonchev–Trinajstić information content (AvgIpc) is 2.44. The molecule has 0 aromatic heterocycles. The van der Waals surface area contributed by atoms with E-state index in [0.717, 1.165) is 5.75 Å². The molecule has 5 heteroatoms. The van der Waals surface area contributed by atoms with Crippen molar-refractivity contribution in [3.63, 3.8) is 0 Å². The van der Waals surface area contributed by atoms with Gasteiger partial charge in [0.2, 0.25) is 0 Å². The van der Waals surface area contributed by atoms with Crippen LogP contribution in [-0.4, -0.2) is 6.61 Å². The molecule has 3 nitrogen and oxygen atoms in total. The zero-order valence-electron chi connectivity index (χ0n) is 10.1. The number of halogens is 2. The molecule has 0 aliphatic carbocycles. The van der Waals surface area contributed by atoms with Gasteiger partial charge in [-0.1, -0.05) is 29.8 Å². The normalized spacial score (nSPS) is 12.2. The Bertz CT molecular complexity index is 536. The Labute approximate surface area is 116 Å². The van der Waals surface area contributed by atoms with Crippen molar-refractivity contribution in [3.8, 4) is 5.75 Å². The van der Waals surface area contributed by atoms with Crippen molar-refractivity contribution in [1.82, 2.24) is 5.43 Å². The summed E-state index contributed by atoms with van der Waals surface area (Å²) in [6.07, 6.45) is 0. The number of benzene rings is 2. The summed E-state index contributed by atoms with van der Waals surface area (Å²) in [6.45, 7) is 0.254. The van der Waals surface area contributed by atoms with Crippen LogP contribution in [0.3, 0.4) is 0 Å². The molecule has 2 aromatic rings. The topological polar surface area (TPSA) is 47.3 Å². The van der Waals surface area contributed by atoms with Gasteiger partial charge in [0.1, 0.15) is 18.2 Å². The maximum absolute atomic E-state index is 13.2. The first-order valence-electron chi connectivity index (χ1n) is 5.79. The minimum absolute atomic E-state index is 0.254. The number of nitrogens with one attached hydrogen (secondary N) is 1. The monoisotopic (exact) mass is 280 g/mol. The fraction of sp³-hybridized carbons (Fsp3) is 0.143. The number of hydrogen-bond donors (Lipinski definition) is 2. The first-order valence-corrected chi connectivity index (χ1v) is 6.17. The molecule has 0 spiro atoms. The summed E-state index contributed by atoms with van der Waals surface area (Å²) >= 11 is 6.03. The van der Waals surface area contributed by atoms with Gasteiger partial charge in [-0.25, -0.2) is 9.82 Å². The van der Waals surface area contributed by atoms with Crippen LogP contribution in [0.1, 0.15) is 11.6 Å². The minimum atomic E-state index is -0.386. The lowest BCUT2D eigenvalue weighted by Crippen LogP contribution is -2.32. The van der Waals surface area contributed by atoms with Crippen molar-refractivity contribution in [3.05, 3.63) is 64.9 Å². The molecule has 1 atom stereocenters. The summed E-state index contributed by atoms with van der Waals surface area (Å²) in [5, 5.41) is 0.445. The zero-order chi connectivity index (χ0) is 13.7. The molecule has 2 rings (SSSR count). The number of nitrogens with two attached hydrogens (primary N) is 1. The molecular weight excluding hydrogens is 267 g/mol. The van der Waals surface area contributed by atoms with E-state index in [9.17, 15) is 4.39 Å². The molecule has 0 radical (unpaired) electrons. The lowest BCUT2D eigenvalue weighted by atomic mass is 10.1. The van der Waals surface area contributed by atoms with Crippen LogP contribution in [0.5, 0.6) is 5.75 Å². The van der Waals surface area contributed by atoms with E-state index in [-0.39, 0.29) is 18.5 Å². The van der Waals surface area contributed by atoms with Gasteiger partial charge in [-0.3, -0.25) is 5.84 Å². The molecular formula is C14H14ClFN2O. The Balaban J connectivity index is 2.10. The van der Waals surface area contributed by atoms with E-state index in [4.69, 9.17) is 22.2 Å². The second-order valence-corrected chi connectivity index (χ2v) is 4.42. The summed E-state index contributed by atoms with van der Waals surface area (Å²) in [5.74, 6) is 5.83. The number of hydrazine groups is 1. The van der Waals surface area contributed by atoms with E-state index >= 15 is 0 Å². The van der Waals surface area contributed by atoms with Crippen LogP contribution in [0.25, 0.3) is 0 Å². The summed E-state index contributed by atoms with van der Waals surface area (Å²) in [5.41, 5.74) is 3.15. The fourth-order valence-electron chi connectivity index (χ4n) is 1.71. The Hall–Kier alpha value is -1.62. The van der Waals surface area contributed by atoms with Crippen molar-refractivity contribution in [1.29, 1.82) is 0 Å². The SMILES string of the molecule is NNC(COc1ccccc1)c1cc(F)ccc1Cl. The molecule has 0 fully saturated rings. The van der Waals surface area contributed by atoms with Crippen LogP contribution in [-0.2, 0) is 0 Å². The molecule has 2 aromatic carbocycles. The molecule has 0 saturated carbocycles. The Kier molecular flexibility index (Phi) is 4.74. The van der Waals surface area contributed by atoms with Gasteiger partial charge in [-0.15, -0.1) is 0 Å². The van der Waals surface area contributed by atoms with Crippen molar-refractivity contribution in [2.24, 2.45) is 5.84 Å². The van der Waals surface area contributed by atoms with Crippen molar-refractivity contribution in [2.45, 2.75) is 6.04 Å². The smallest absolute Gasteiger partial charge is 0.123 e. The highest BCUT2D eigenvalue weighted by Crippen LogP contribution is 2.24. The van der Waals surface area contributed by atoms with Crippen molar-refractivity contribution in [2.75, 3.05) is 6.61 Å². The van der Waals surface area contributed by atoms with E-state index in [1.165, 1.54) is 18.2 Å². The van der Waals surface area contributed by atoms with Gasteiger partial charge >= 0.3 is 0 Å². The molecule has 0 aliphatic rings. The highest BCUT2D eigenvalue weighted by molar-refractivity contribution is 6.31. The van der Waals surface area contributed by atoms with E-state index in [1.54, 1.807) is 0 Å². The van der Waals surface area contributed by atoms with Gasteiger partial charge in [0.15, 0.2) is 0 Å². The van der Waals surface area contributed by atoms with Crippen LogP contribution in [0, 0.1) is 5.82 Å². The fourth-order valence-corrected chi connectivity index (χ4v) is 1.95. The van der Waals surface area contributed by atoms with E-state index in [2.05, 4.69) is 5.43 Å². The van der Waals surface area contributed by atoms with Crippen LogP contribution in [0.4, 0.5) is 4.39 Å². The average molecular weight is 281 g/mol. The molecule has 0 saturated heterocycles. The molecule has 19 heavy (non-hydrogen) atoms. The third-order valence-electron chi connectivity index (χ3n) is 2.69. The molecule has 0 bridgehead atoms. The second kappa shape index (κ2) is 6.52. The van der Waals surface area contributed by atoms with Gasteiger partial charge in [0.05, 0.1) is 6.04 Å². The van der Waals surface area contributed by atoms with Crippen molar-refractivity contribution < 1.29 is 9.13 Å². The first-order chi connectivity index (χ1) is 9.20. The molecule has 100 valence electrons. The lowest BCUT2D eigenvalue weighted by molar-refractivity contribution is 0.267. The summed E-state index contributed by atoms with van der Waals surface area (Å²) in [6, 6.07) is 13.1. The first kappa shape index (κ1) is 13.8. The third kappa shape index (κ3) is 3.67. The highest BCUT2D eigenvalue weighted by atomic mass is 35.5. The van der Waals surface area contributed by atoms with Gasteiger partial charge in [0, 0.05) is 5.02 Å². The second-order valence-electron chi connectivity index (χ2n) is 4.01. The molecule has 0 amide bonds. The van der Waals surface area contributed by atoms with Crippen LogP contribution in [0.2, 0.25) is 5.02 Å². The zero-order valence-corrected chi connectivity index (χ0v) is 10.9. The minimum Gasteiger partial charge on any atom is -0.492 e. The number of para-hydroxylation sites is 1. The maximum atomic E-state index is 13.2.